The molecule has 0 spiro atoms. The van der Waals surface area contributed by atoms with Crippen LogP contribution < -0.4 is 4.74 Å². The van der Waals surface area contributed by atoms with E-state index in [4.69, 9.17) is 4.74 Å². The first kappa shape index (κ1) is 21.6. The highest BCUT2D eigenvalue weighted by atomic mass is 16.6. The molecule has 2 aromatic rings. The van der Waals surface area contributed by atoms with Crippen LogP contribution in [0.15, 0.2) is 48.5 Å². The second-order valence-electron chi connectivity index (χ2n) is 8.87. The zero-order valence-corrected chi connectivity index (χ0v) is 18.5. The molecule has 1 heterocycles. The molecule has 5 nitrogen and oxygen atoms in total. The number of benzene rings is 2. The number of hydrogen-bond donors (Lipinski definition) is 0. The van der Waals surface area contributed by atoms with E-state index in [1.54, 1.807) is 14.1 Å². The lowest BCUT2D eigenvalue weighted by atomic mass is 9.79. The minimum absolute atomic E-state index is 0.242. The molecule has 2 atom stereocenters. The number of rotatable bonds is 7. The Morgan fingerprint density at radius 3 is 2.61 bits per heavy atom. The second kappa shape index (κ2) is 9.65. The van der Waals surface area contributed by atoms with E-state index < -0.39 is 0 Å². The highest BCUT2D eigenvalue weighted by Crippen LogP contribution is 2.44. The topological polar surface area (TPSA) is 49.9 Å². The van der Waals surface area contributed by atoms with E-state index in [0.717, 1.165) is 50.8 Å². The summed E-state index contributed by atoms with van der Waals surface area (Å²) >= 11 is 0. The number of Topliss-reactive ketones (excluding diaryl/α,β-unsaturated/α-hetero) is 1. The Kier molecular flexibility index (Phi) is 6.71. The Morgan fingerprint density at radius 1 is 1.03 bits per heavy atom. The van der Waals surface area contributed by atoms with Crippen LogP contribution in [-0.2, 0) is 6.42 Å². The average Bonchev–Trinajstić information content (AvgIpc) is 3.20. The highest BCUT2D eigenvalue weighted by Gasteiger charge is 2.39. The number of amides is 1. The number of hydrogen-bond acceptors (Lipinski definition) is 4. The lowest BCUT2D eigenvalue weighted by molar-refractivity contribution is 0.0977. The number of ketones is 1. The van der Waals surface area contributed by atoms with Crippen molar-refractivity contribution in [2.45, 2.75) is 50.5 Å². The minimum atomic E-state index is -0.325. The van der Waals surface area contributed by atoms with Gasteiger partial charge in [0.1, 0.15) is 5.75 Å². The van der Waals surface area contributed by atoms with Gasteiger partial charge in [-0.2, -0.15) is 0 Å². The monoisotopic (exact) mass is 420 g/mol. The SMILES string of the molecule is CN(C)C(=O)Oc1cccc2c1CC[C@@H]1[C@H]2CCN1CCCCC(=O)c1ccccc1. The predicted molar refractivity (Wildman–Crippen MR) is 122 cm³/mol. The van der Waals surface area contributed by atoms with Crippen LogP contribution in [0.1, 0.15) is 59.5 Å². The van der Waals surface area contributed by atoms with Crippen LogP contribution in [0.3, 0.4) is 0 Å². The summed E-state index contributed by atoms with van der Waals surface area (Å²) in [5, 5.41) is 0. The molecular weight excluding hydrogens is 388 g/mol. The van der Waals surface area contributed by atoms with Crippen LogP contribution in [0.4, 0.5) is 4.79 Å². The molecule has 1 fully saturated rings. The van der Waals surface area contributed by atoms with Crippen molar-refractivity contribution in [2.24, 2.45) is 0 Å². The molecule has 2 aromatic carbocycles. The summed E-state index contributed by atoms with van der Waals surface area (Å²) in [4.78, 5) is 28.4. The van der Waals surface area contributed by atoms with Gasteiger partial charge >= 0.3 is 6.09 Å². The fourth-order valence-electron chi connectivity index (χ4n) is 5.08. The van der Waals surface area contributed by atoms with Crippen LogP contribution in [0, 0.1) is 0 Å². The summed E-state index contributed by atoms with van der Waals surface area (Å²) in [6.45, 7) is 2.15. The molecule has 2 aliphatic rings. The zero-order valence-electron chi connectivity index (χ0n) is 18.5. The van der Waals surface area contributed by atoms with E-state index >= 15 is 0 Å². The Morgan fingerprint density at radius 2 is 1.84 bits per heavy atom. The second-order valence-corrected chi connectivity index (χ2v) is 8.87. The van der Waals surface area contributed by atoms with Crippen LogP contribution in [0.25, 0.3) is 0 Å². The third-order valence-electron chi connectivity index (χ3n) is 6.68. The van der Waals surface area contributed by atoms with E-state index in [2.05, 4.69) is 11.0 Å². The maximum absolute atomic E-state index is 12.3. The summed E-state index contributed by atoms with van der Waals surface area (Å²) < 4.78 is 5.63. The molecule has 31 heavy (non-hydrogen) atoms. The smallest absolute Gasteiger partial charge is 0.410 e. The molecule has 4 rings (SSSR count). The lowest BCUT2D eigenvalue weighted by Gasteiger charge is -2.34. The highest BCUT2D eigenvalue weighted by molar-refractivity contribution is 5.95. The van der Waals surface area contributed by atoms with E-state index in [9.17, 15) is 9.59 Å². The summed E-state index contributed by atoms with van der Waals surface area (Å²) in [7, 11) is 3.41. The molecule has 0 unspecified atom stereocenters. The maximum Gasteiger partial charge on any atom is 0.414 e. The molecule has 1 aliphatic carbocycles. The Bertz CT molecular complexity index is 926. The van der Waals surface area contributed by atoms with Gasteiger partial charge in [0.15, 0.2) is 5.78 Å². The van der Waals surface area contributed by atoms with Gasteiger partial charge in [-0.1, -0.05) is 42.5 Å². The first-order valence-corrected chi connectivity index (χ1v) is 11.4. The van der Waals surface area contributed by atoms with Gasteiger partial charge in [0.05, 0.1) is 0 Å². The van der Waals surface area contributed by atoms with E-state index in [-0.39, 0.29) is 11.9 Å². The molecule has 1 amide bonds. The van der Waals surface area contributed by atoms with E-state index in [0.29, 0.717) is 24.1 Å². The molecule has 164 valence electrons. The fraction of sp³-hybridized carbons (Fsp3) is 0.462. The van der Waals surface area contributed by atoms with Gasteiger partial charge in [0.2, 0.25) is 0 Å². The zero-order chi connectivity index (χ0) is 21.8. The standard InChI is InChI=1S/C26H32N2O3/c1-27(2)26(30)31-25-13-8-11-20-21-16-18-28(23(21)15-14-22(20)25)17-7-6-12-24(29)19-9-4-3-5-10-19/h3-5,8-11,13,21,23H,6-7,12,14-18H2,1-2H3/t21-,23+/m0/s1. The van der Waals surface area contributed by atoms with Crippen molar-refractivity contribution < 1.29 is 14.3 Å². The predicted octanol–water partition coefficient (Wildman–Crippen LogP) is 4.90. The van der Waals surface area contributed by atoms with Gasteiger partial charge in [-0.3, -0.25) is 9.69 Å². The molecule has 0 N–H and O–H groups in total. The molecule has 0 saturated carbocycles. The summed E-state index contributed by atoms with van der Waals surface area (Å²) in [5.41, 5.74) is 3.37. The van der Waals surface area contributed by atoms with Crippen molar-refractivity contribution in [3.8, 4) is 5.75 Å². The first-order valence-electron chi connectivity index (χ1n) is 11.4. The Balaban J connectivity index is 1.32. The number of unbranched alkanes of at least 4 members (excludes halogenated alkanes) is 1. The van der Waals surface area contributed by atoms with Crippen LogP contribution in [0.5, 0.6) is 5.75 Å². The van der Waals surface area contributed by atoms with Crippen molar-refractivity contribution in [1.82, 2.24) is 9.80 Å². The van der Waals surface area contributed by atoms with Crippen molar-refractivity contribution >= 4 is 11.9 Å². The van der Waals surface area contributed by atoms with Crippen molar-refractivity contribution in [3.05, 3.63) is 65.2 Å². The minimum Gasteiger partial charge on any atom is -0.410 e. The number of carbonyl (C=O) groups excluding carboxylic acids is 2. The number of likely N-dealkylation sites (tertiary alicyclic amines) is 1. The van der Waals surface area contributed by atoms with Gasteiger partial charge in [-0.15, -0.1) is 0 Å². The average molecular weight is 421 g/mol. The molecule has 1 aliphatic heterocycles. The van der Waals surface area contributed by atoms with Crippen LogP contribution in [0.2, 0.25) is 0 Å². The third-order valence-corrected chi connectivity index (χ3v) is 6.68. The largest absolute Gasteiger partial charge is 0.414 e. The molecule has 0 radical (unpaired) electrons. The quantitative estimate of drug-likeness (QED) is 0.472. The van der Waals surface area contributed by atoms with Crippen LogP contribution in [-0.4, -0.2) is 54.9 Å². The molecule has 1 saturated heterocycles. The third kappa shape index (κ3) is 4.82. The number of nitrogens with zero attached hydrogens (tertiary/aromatic N) is 2. The van der Waals surface area contributed by atoms with Gasteiger partial charge < -0.3 is 9.64 Å². The van der Waals surface area contributed by atoms with Gasteiger partial charge in [0.25, 0.3) is 0 Å². The summed E-state index contributed by atoms with van der Waals surface area (Å²) in [6.07, 6.45) is 5.46. The molecule has 5 heteroatoms. The normalized spacial score (nSPS) is 20.1. The van der Waals surface area contributed by atoms with Gasteiger partial charge in [-0.05, 0) is 62.4 Å². The van der Waals surface area contributed by atoms with Crippen molar-refractivity contribution in [2.75, 3.05) is 27.2 Å². The maximum atomic E-state index is 12.3. The Hall–Kier alpha value is -2.66. The number of carbonyl (C=O) groups is 2. The van der Waals surface area contributed by atoms with E-state index in [1.165, 1.54) is 16.0 Å². The van der Waals surface area contributed by atoms with Crippen molar-refractivity contribution in [1.29, 1.82) is 0 Å². The number of ether oxygens (including phenoxy) is 1. The summed E-state index contributed by atoms with van der Waals surface area (Å²) in [5.74, 6) is 1.46. The van der Waals surface area contributed by atoms with Gasteiger partial charge in [0, 0.05) is 38.0 Å². The first-order chi connectivity index (χ1) is 15.0. The molecule has 0 bridgehead atoms. The number of fused-ring (bicyclic) bond motifs is 3. The van der Waals surface area contributed by atoms with Gasteiger partial charge in [-0.25, -0.2) is 4.79 Å². The van der Waals surface area contributed by atoms with Crippen LogP contribution >= 0.6 is 0 Å². The van der Waals surface area contributed by atoms with E-state index in [1.807, 2.05) is 42.5 Å². The lowest BCUT2D eigenvalue weighted by Crippen LogP contribution is -2.36. The fourth-order valence-corrected chi connectivity index (χ4v) is 5.08. The molecule has 0 aromatic heterocycles. The summed E-state index contributed by atoms with van der Waals surface area (Å²) in [6, 6.07) is 16.3. The van der Waals surface area contributed by atoms with Crippen molar-refractivity contribution in [3.63, 3.8) is 0 Å². The Labute approximate surface area is 185 Å². The molecular formula is C26H32N2O3.